The molecule has 0 aliphatic heterocycles. The quantitative estimate of drug-likeness (QED) is 0.648. The molecule has 0 N–H and O–H groups in total. The van der Waals surface area contributed by atoms with Crippen LogP contribution in [0.1, 0.15) is 33.9 Å². The fourth-order valence-electron chi connectivity index (χ4n) is 2.49. The summed E-state index contributed by atoms with van der Waals surface area (Å²) in [4.78, 5) is 24.1. The smallest absolute Gasteiger partial charge is 0.266 e. The Bertz CT molecular complexity index is 877. The summed E-state index contributed by atoms with van der Waals surface area (Å²) < 4.78 is 0. The van der Waals surface area contributed by atoms with Crippen molar-refractivity contribution in [3.8, 4) is 10.7 Å². The molecule has 25 heavy (non-hydrogen) atoms. The Morgan fingerprint density at radius 2 is 1.92 bits per heavy atom. The van der Waals surface area contributed by atoms with Gasteiger partial charge in [-0.1, -0.05) is 29.8 Å². The molecule has 0 aliphatic carbocycles. The summed E-state index contributed by atoms with van der Waals surface area (Å²) in [6, 6.07) is 13.2. The summed E-state index contributed by atoms with van der Waals surface area (Å²) in [5, 5.41) is 1.44. The molecule has 2 heterocycles. The van der Waals surface area contributed by atoms with Gasteiger partial charge in [-0.25, -0.2) is 4.98 Å². The van der Waals surface area contributed by atoms with Crippen LogP contribution in [0.25, 0.3) is 10.7 Å². The number of carbonyl (C=O) groups is 1. The normalized spacial score (nSPS) is 12.0. The maximum Gasteiger partial charge on any atom is 0.266 e. The molecular formula is C19H18ClN3OS. The van der Waals surface area contributed by atoms with Crippen LogP contribution in [0.3, 0.4) is 0 Å². The van der Waals surface area contributed by atoms with Crippen molar-refractivity contribution in [1.29, 1.82) is 0 Å². The Morgan fingerprint density at radius 3 is 2.56 bits per heavy atom. The fraction of sp³-hybridized carbons (Fsp3) is 0.211. The van der Waals surface area contributed by atoms with Gasteiger partial charge in [0.05, 0.1) is 17.4 Å². The van der Waals surface area contributed by atoms with E-state index in [1.165, 1.54) is 11.3 Å². The molecule has 1 atom stereocenters. The molecule has 6 heteroatoms. The first kappa shape index (κ1) is 17.6. The number of benzene rings is 1. The van der Waals surface area contributed by atoms with Crippen LogP contribution in [0.5, 0.6) is 0 Å². The van der Waals surface area contributed by atoms with Crippen molar-refractivity contribution in [3.63, 3.8) is 0 Å². The molecule has 0 aliphatic rings. The van der Waals surface area contributed by atoms with Gasteiger partial charge in [0.25, 0.3) is 5.91 Å². The molecule has 3 rings (SSSR count). The highest BCUT2D eigenvalue weighted by Crippen LogP contribution is 2.29. The molecule has 0 saturated heterocycles. The number of nitrogens with zero attached hydrogens (tertiary/aromatic N) is 3. The van der Waals surface area contributed by atoms with E-state index < -0.39 is 0 Å². The molecule has 0 saturated carbocycles. The first-order chi connectivity index (χ1) is 12.0. The third-order valence-electron chi connectivity index (χ3n) is 4.13. The molecule has 0 fully saturated rings. The Hall–Kier alpha value is -2.24. The number of aromatic nitrogens is 2. The number of thiazole rings is 1. The molecule has 0 bridgehead atoms. The Kier molecular flexibility index (Phi) is 5.16. The van der Waals surface area contributed by atoms with Gasteiger partial charge in [0.2, 0.25) is 0 Å². The zero-order valence-corrected chi connectivity index (χ0v) is 15.8. The number of amides is 1. The van der Waals surface area contributed by atoms with E-state index in [0.717, 1.165) is 22.0 Å². The zero-order chi connectivity index (χ0) is 18.0. The SMILES string of the molecule is Cc1nc(-c2ccccn2)sc1C(=O)N(C)C(C)c1ccc(Cl)cc1. The minimum absolute atomic E-state index is 0.0420. The second-order valence-corrected chi connectivity index (χ2v) is 7.23. The lowest BCUT2D eigenvalue weighted by Gasteiger charge is -2.25. The van der Waals surface area contributed by atoms with Gasteiger partial charge in [-0.2, -0.15) is 0 Å². The lowest BCUT2D eigenvalue weighted by Crippen LogP contribution is -2.29. The summed E-state index contributed by atoms with van der Waals surface area (Å²) >= 11 is 7.32. The summed E-state index contributed by atoms with van der Waals surface area (Å²) in [6.45, 7) is 3.86. The third kappa shape index (κ3) is 3.72. The van der Waals surface area contributed by atoms with Crippen LogP contribution in [0.4, 0.5) is 0 Å². The van der Waals surface area contributed by atoms with E-state index in [2.05, 4.69) is 9.97 Å². The molecule has 0 radical (unpaired) electrons. The van der Waals surface area contributed by atoms with Crippen LogP contribution in [0.2, 0.25) is 5.02 Å². The van der Waals surface area contributed by atoms with Crippen molar-refractivity contribution in [3.05, 3.63) is 69.8 Å². The molecular weight excluding hydrogens is 354 g/mol. The number of rotatable bonds is 4. The van der Waals surface area contributed by atoms with Crippen molar-refractivity contribution < 1.29 is 4.79 Å². The monoisotopic (exact) mass is 371 g/mol. The topological polar surface area (TPSA) is 46.1 Å². The van der Waals surface area contributed by atoms with Crippen LogP contribution in [-0.4, -0.2) is 27.8 Å². The Labute approximate surface area is 156 Å². The van der Waals surface area contributed by atoms with Crippen LogP contribution in [-0.2, 0) is 0 Å². The number of carbonyl (C=O) groups excluding carboxylic acids is 1. The van der Waals surface area contributed by atoms with Gasteiger partial charge in [0, 0.05) is 18.3 Å². The standard InChI is InChI=1S/C19H18ClN3OS/c1-12-17(25-18(22-12)16-6-4-5-11-21-16)19(24)23(3)13(2)14-7-9-15(20)10-8-14/h4-11,13H,1-3H3. The van der Waals surface area contributed by atoms with E-state index in [-0.39, 0.29) is 11.9 Å². The van der Waals surface area contributed by atoms with E-state index in [9.17, 15) is 4.79 Å². The maximum atomic E-state index is 12.9. The van der Waals surface area contributed by atoms with Crippen molar-refractivity contribution in [2.75, 3.05) is 7.05 Å². The highest BCUT2D eigenvalue weighted by molar-refractivity contribution is 7.17. The second kappa shape index (κ2) is 7.33. The molecule has 2 aromatic heterocycles. The first-order valence-electron chi connectivity index (χ1n) is 7.89. The highest BCUT2D eigenvalue weighted by atomic mass is 35.5. The van der Waals surface area contributed by atoms with Crippen molar-refractivity contribution >= 4 is 28.8 Å². The van der Waals surface area contributed by atoms with E-state index >= 15 is 0 Å². The zero-order valence-electron chi connectivity index (χ0n) is 14.2. The largest absolute Gasteiger partial charge is 0.334 e. The van der Waals surface area contributed by atoms with Crippen LogP contribution in [0, 0.1) is 6.92 Å². The number of hydrogen-bond acceptors (Lipinski definition) is 4. The molecule has 4 nitrogen and oxygen atoms in total. The van der Waals surface area contributed by atoms with Gasteiger partial charge in [-0.05, 0) is 43.7 Å². The molecule has 1 amide bonds. The van der Waals surface area contributed by atoms with Crippen LogP contribution in [0.15, 0.2) is 48.7 Å². The van der Waals surface area contributed by atoms with Gasteiger partial charge in [-0.15, -0.1) is 11.3 Å². The molecule has 0 spiro atoms. The second-order valence-electron chi connectivity index (χ2n) is 5.79. The number of pyridine rings is 1. The minimum Gasteiger partial charge on any atom is -0.334 e. The van der Waals surface area contributed by atoms with Crippen LogP contribution < -0.4 is 0 Å². The van der Waals surface area contributed by atoms with Gasteiger partial charge < -0.3 is 4.90 Å². The van der Waals surface area contributed by atoms with Crippen molar-refractivity contribution in [2.45, 2.75) is 19.9 Å². The lowest BCUT2D eigenvalue weighted by atomic mass is 10.1. The van der Waals surface area contributed by atoms with E-state index in [1.54, 1.807) is 18.1 Å². The van der Waals surface area contributed by atoms with Gasteiger partial charge in [-0.3, -0.25) is 9.78 Å². The minimum atomic E-state index is -0.0652. The molecule has 1 unspecified atom stereocenters. The van der Waals surface area contributed by atoms with Crippen molar-refractivity contribution in [2.24, 2.45) is 0 Å². The van der Waals surface area contributed by atoms with Gasteiger partial charge in [0.1, 0.15) is 9.88 Å². The summed E-state index contributed by atoms with van der Waals surface area (Å²) in [7, 11) is 1.81. The predicted molar refractivity (Wildman–Crippen MR) is 102 cm³/mol. The highest BCUT2D eigenvalue weighted by Gasteiger charge is 2.23. The summed E-state index contributed by atoms with van der Waals surface area (Å²) in [5.74, 6) is -0.0420. The van der Waals surface area contributed by atoms with Crippen molar-refractivity contribution in [1.82, 2.24) is 14.9 Å². The predicted octanol–water partition coefficient (Wildman–Crippen LogP) is 5.00. The fourth-order valence-corrected chi connectivity index (χ4v) is 3.65. The van der Waals surface area contributed by atoms with Gasteiger partial charge in [0.15, 0.2) is 0 Å². The number of aryl methyl sites for hydroxylation is 1. The van der Waals surface area contributed by atoms with Gasteiger partial charge >= 0.3 is 0 Å². The summed E-state index contributed by atoms with van der Waals surface area (Å²) in [5.41, 5.74) is 2.54. The molecule has 128 valence electrons. The molecule has 3 aromatic rings. The Morgan fingerprint density at radius 1 is 1.20 bits per heavy atom. The molecule has 1 aromatic carbocycles. The maximum absolute atomic E-state index is 12.9. The average Bonchev–Trinajstić information content (AvgIpc) is 3.03. The van der Waals surface area contributed by atoms with E-state index in [1.807, 2.05) is 56.3 Å². The Balaban J connectivity index is 1.85. The summed E-state index contributed by atoms with van der Waals surface area (Å²) in [6.07, 6.45) is 1.72. The van der Waals surface area contributed by atoms with Crippen LogP contribution >= 0.6 is 22.9 Å². The first-order valence-corrected chi connectivity index (χ1v) is 9.08. The number of halogens is 1. The van der Waals surface area contributed by atoms with E-state index in [4.69, 9.17) is 11.6 Å². The lowest BCUT2D eigenvalue weighted by molar-refractivity contribution is 0.0746. The van der Waals surface area contributed by atoms with E-state index in [0.29, 0.717) is 9.90 Å². The average molecular weight is 372 g/mol. The number of hydrogen-bond donors (Lipinski definition) is 0. The third-order valence-corrected chi connectivity index (χ3v) is 5.55.